The topological polar surface area (TPSA) is 43.8 Å². The van der Waals surface area contributed by atoms with E-state index in [1.54, 1.807) is 6.07 Å². The van der Waals surface area contributed by atoms with E-state index in [1.807, 2.05) is 24.1 Å². The number of amides is 1. The second kappa shape index (κ2) is 6.06. The summed E-state index contributed by atoms with van der Waals surface area (Å²) in [5.74, 6) is 0.589. The van der Waals surface area contributed by atoms with E-state index in [0.717, 1.165) is 45.2 Å². The molecule has 0 aromatic heterocycles. The minimum Gasteiger partial charge on any atom is -0.508 e. The van der Waals surface area contributed by atoms with Gasteiger partial charge in [0, 0.05) is 19.1 Å². The van der Waals surface area contributed by atoms with Crippen LogP contribution in [-0.4, -0.2) is 47.5 Å². The van der Waals surface area contributed by atoms with Crippen LogP contribution in [0.2, 0.25) is 0 Å². The molecule has 1 heterocycles. The van der Waals surface area contributed by atoms with E-state index in [-0.39, 0.29) is 5.91 Å². The number of fused-ring (bicyclic) bond motifs is 1. The van der Waals surface area contributed by atoms with Crippen molar-refractivity contribution in [1.29, 1.82) is 0 Å². The molecule has 21 heavy (non-hydrogen) atoms. The lowest BCUT2D eigenvalue weighted by molar-refractivity contribution is -0.131. The fourth-order valence-electron chi connectivity index (χ4n) is 3.62. The Morgan fingerprint density at radius 3 is 2.86 bits per heavy atom. The lowest BCUT2D eigenvalue weighted by atomic mass is 9.87. The summed E-state index contributed by atoms with van der Waals surface area (Å²) in [6.45, 7) is 2.33. The standard InChI is InChI=1S/C17H24N2O2/c1-18(12-17(21)19-9-2-3-10-19)16-6-4-5-13-11-14(20)7-8-15(13)16/h7-8,11,16,20H,2-6,9-10,12H2,1H3. The summed E-state index contributed by atoms with van der Waals surface area (Å²) in [5.41, 5.74) is 2.50. The molecule has 114 valence electrons. The van der Waals surface area contributed by atoms with E-state index in [9.17, 15) is 9.90 Å². The van der Waals surface area contributed by atoms with Crippen LogP contribution < -0.4 is 0 Å². The summed E-state index contributed by atoms with van der Waals surface area (Å²) < 4.78 is 0. The quantitative estimate of drug-likeness (QED) is 0.928. The van der Waals surface area contributed by atoms with Crippen molar-refractivity contribution in [3.8, 4) is 5.75 Å². The van der Waals surface area contributed by atoms with Gasteiger partial charge < -0.3 is 10.0 Å². The molecule has 1 aromatic carbocycles. The first kappa shape index (κ1) is 14.4. The van der Waals surface area contributed by atoms with Crippen LogP contribution in [0.15, 0.2) is 18.2 Å². The summed E-state index contributed by atoms with van der Waals surface area (Å²) >= 11 is 0. The van der Waals surface area contributed by atoms with E-state index in [0.29, 0.717) is 18.3 Å². The van der Waals surface area contributed by atoms with Gasteiger partial charge in [0.25, 0.3) is 0 Å². The molecule has 4 nitrogen and oxygen atoms in total. The number of aryl methyl sites for hydroxylation is 1. The van der Waals surface area contributed by atoms with Crippen LogP contribution in [0.3, 0.4) is 0 Å². The molecule has 1 aliphatic heterocycles. The first-order chi connectivity index (χ1) is 10.1. The molecule has 1 aromatic rings. The predicted molar refractivity (Wildman–Crippen MR) is 82.2 cm³/mol. The van der Waals surface area contributed by atoms with Gasteiger partial charge in [-0.3, -0.25) is 9.69 Å². The Morgan fingerprint density at radius 1 is 1.33 bits per heavy atom. The van der Waals surface area contributed by atoms with Crippen LogP contribution in [0.5, 0.6) is 5.75 Å². The first-order valence-corrected chi connectivity index (χ1v) is 7.95. The number of carbonyl (C=O) groups is 1. The largest absolute Gasteiger partial charge is 0.508 e. The molecule has 2 aliphatic rings. The molecule has 1 fully saturated rings. The Balaban J connectivity index is 1.71. The van der Waals surface area contributed by atoms with Crippen LogP contribution in [0.1, 0.15) is 42.9 Å². The molecule has 0 radical (unpaired) electrons. The van der Waals surface area contributed by atoms with Gasteiger partial charge in [-0.15, -0.1) is 0 Å². The molecular weight excluding hydrogens is 264 g/mol. The second-order valence-corrected chi connectivity index (χ2v) is 6.29. The van der Waals surface area contributed by atoms with Gasteiger partial charge in [-0.2, -0.15) is 0 Å². The number of phenols is 1. The van der Waals surface area contributed by atoms with E-state index in [1.165, 1.54) is 11.1 Å². The minimum absolute atomic E-state index is 0.251. The van der Waals surface area contributed by atoms with Crippen LogP contribution >= 0.6 is 0 Å². The van der Waals surface area contributed by atoms with E-state index in [4.69, 9.17) is 0 Å². The molecular formula is C17H24N2O2. The second-order valence-electron chi connectivity index (χ2n) is 6.29. The van der Waals surface area contributed by atoms with Crippen LogP contribution in [0, 0.1) is 0 Å². The van der Waals surface area contributed by atoms with Crippen molar-refractivity contribution in [2.24, 2.45) is 0 Å². The maximum Gasteiger partial charge on any atom is 0.236 e. The van der Waals surface area contributed by atoms with E-state index in [2.05, 4.69) is 4.90 Å². The molecule has 4 heteroatoms. The minimum atomic E-state index is 0.251. The molecule has 1 unspecified atom stereocenters. The highest BCUT2D eigenvalue weighted by molar-refractivity contribution is 5.78. The zero-order valence-electron chi connectivity index (χ0n) is 12.7. The third kappa shape index (κ3) is 3.05. The first-order valence-electron chi connectivity index (χ1n) is 7.95. The number of rotatable bonds is 3. The van der Waals surface area contributed by atoms with Gasteiger partial charge >= 0.3 is 0 Å². The van der Waals surface area contributed by atoms with E-state index >= 15 is 0 Å². The average Bonchev–Trinajstić information content (AvgIpc) is 3.00. The molecule has 0 bridgehead atoms. The molecule has 0 spiro atoms. The number of likely N-dealkylation sites (tertiary alicyclic amines) is 1. The van der Waals surface area contributed by atoms with Crippen LogP contribution in [-0.2, 0) is 11.2 Å². The van der Waals surface area contributed by atoms with Crippen LogP contribution in [0.25, 0.3) is 0 Å². The van der Waals surface area contributed by atoms with Gasteiger partial charge in [0.05, 0.1) is 6.54 Å². The van der Waals surface area contributed by atoms with Crippen molar-refractivity contribution in [2.45, 2.75) is 38.1 Å². The number of benzene rings is 1. The lowest BCUT2D eigenvalue weighted by Crippen LogP contribution is -2.39. The van der Waals surface area contributed by atoms with Gasteiger partial charge in [0.15, 0.2) is 0 Å². The molecule has 1 N–H and O–H groups in total. The van der Waals surface area contributed by atoms with Gasteiger partial charge in [-0.05, 0) is 62.4 Å². The highest BCUT2D eigenvalue weighted by Crippen LogP contribution is 2.35. The van der Waals surface area contributed by atoms with Crippen molar-refractivity contribution in [1.82, 2.24) is 9.80 Å². The Morgan fingerprint density at radius 2 is 2.10 bits per heavy atom. The summed E-state index contributed by atoms with van der Waals surface area (Å²) in [5, 5.41) is 9.63. The Hall–Kier alpha value is -1.55. The van der Waals surface area contributed by atoms with Gasteiger partial charge in [0.2, 0.25) is 5.91 Å². The summed E-state index contributed by atoms with van der Waals surface area (Å²) in [6, 6.07) is 5.94. The number of nitrogens with zero attached hydrogens (tertiary/aromatic N) is 2. The van der Waals surface area contributed by atoms with Crippen molar-refractivity contribution in [3.05, 3.63) is 29.3 Å². The van der Waals surface area contributed by atoms with Crippen molar-refractivity contribution >= 4 is 5.91 Å². The van der Waals surface area contributed by atoms with Gasteiger partial charge in [-0.1, -0.05) is 6.07 Å². The molecule has 3 rings (SSSR count). The summed E-state index contributed by atoms with van der Waals surface area (Å²) in [6.07, 6.45) is 5.50. The maximum absolute atomic E-state index is 12.3. The van der Waals surface area contributed by atoms with Crippen molar-refractivity contribution in [3.63, 3.8) is 0 Å². The molecule has 1 amide bonds. The molecule has 1 aliphatic carbocycles. The maximum atomic E-state index is 12.3. The summed E-state index contributed by atoms with van der Waals surface area (Å²) in [4.78, 5) is 16.5. The van der Waals surface area contributed by atoms with Gasteiger partial charge in [0.1, 0.15) is 5.75 Å². The summed E-state index contributed by atoms with van der Waals surface area (Å²) in [7, 11) is 2.04. The zero-order chi connectivity index (χ0) is 14.8. The number of likely N-dealkylation sites (N-methyl/N-ethyl adjacent to an activating group) is 1. The number of carbonyl (C=O) groups excluding carboxylic acids is 1. The van der Waals surface area contributed by atoms with Crippen molar-refractivity contribution < 1.29 is 9.90 Å². The number of hydrogen-bond acceptors (Lipinski definition) is 3. The normalized spacial score (nSPS) is 21.6. The number of hydrogen-bond donors (Lipinski definition) is 1. The third-order valence-electron chi connectivity index (χ3n) is 4.78. The van der Waals surface area contributed by atoms with E-state index < -0.39 is 0 Å². The Kier molecular flexibility index (Phi) is 4.15. The Bertz CT molecular complexity index is 524. The monoisotopic (exact) mass is 288 g/mol. The zero-order valence-corrected chi connectivity index (χ0v) is 12.7. The predicted octanol–water partition coefficient (Wildman–Crippen LogP) is 2.32. The SMILES string of the molecule is CN(CC(=O)N1CCCC1)C1CCCc2cc(O)ccc21. The van der Waals surface area contributed by atoms with Crippen LogP contribution in [0.4, 0.5) is 0 Å². The number of phenolic OH excluding ortho intramolecular Hbond substituents is 1. The smallest absolute Gasteiger partial charge is 0.236 e. The lowest BCUT2D eigenvalue weighted by Gasteiger charge is -2.33. The third-order valence-corrected chi connectivity index (χ3v) is 4.78. The van der Waals surface area contributed by atoms with Crippen molar-refractivity contribution in [2.75, 3.05) is 26.7 Å². The highest BCUT2D eigenvalue weighted by Gasteiger charge is 2.27. The number of aromatic hydroxyl groups is 1. The Labute approximate surface area is 126 Å². The average molecular weight is 288 g/mol. The van der Waals surface area contributed by atoms with Gasteiger partial charge in [-0.25, -0.2) is 0 Å². The fraction of sp³-hybridized carbons (Fsp3) is 0.588. The fourth-order valence-corrected chi connectivity index (χ4v) is 3.62. The molecule has 0 saturated carbocycles. The highest BCUT2D eigenvalue weighted by atomic mass is 16.3. The molecule has 1 atom stereocenters. The molecule has 1 saturated heterocycles.